The summed E-state index contributed by atoms with van der Waals surface area (Å²) in [4.78, 5) is 11.3. The first-order valence-electron chi connectivity index (χ1n) is 9.82. The van der Waals surface area contributed by atoms with Crippen LogP contribution < -0.4 is 4.72 Å². The lowest BCUT2D eigenvalue weighted by molar-refractivity contribution is -0.192. The highest BCUT2D eigenvalue weighted by molar-refractivity contribution is 7.88. The second-order valence-electron chi connectivity index (χ2n) is 7.78. The quantitative estimate of drug-likeness (QED) is 0.664. The number of benzene rings is 1. The van der Waals surface area contributed by atoms with Crippen LogP contribution >= 0.6 is 0 Å². The van der Waals surface area contributed by atoms with E-state index in [1.165, 1.54) is 28.6 Å². The molecule has 1 aromatic carbocycles. The molecule has 0 saturated heterocycles. The molecule has 178 valence electrons. The molecule has 2 N–H and O–H groups in total. The van der Waals surface area contributed by atoms with Crippen molar-refractivity contribution >= 4 is 16.0 Å². The van der Waals surface area contributed by atoms with Crippen molar-refractivity contribution in [2.75, 3.05) is 19.3 Å². The summed E-state index contributed by atoms with van der Waals surface area (Å²) < 4.78 is 59.0. The van der Waals surface area contributed by atoms with Gasteiger partial charge in [-0.3, -0.25) is 9.58 Å². The number of rotatable bonds is 6. The second kappa shape index (κ2) is 10.5. The van der Waals surface area contributed by atoms with E-state index in [4.69, 9.17) is 9.90 Å². The summed E-state index contributed by atoms with van der Waals surface area (Å²) >= 11 is 0. The van der Waals surface area contributed by atoms with Crippen molar-refractivity contribution < 1.29 is 31.5 Å². The van der Waals surface area contributed by atoms with Crippen molar-refractivity contribution in [3.05, 3.63) is 52.8 Å². The summed E-state index contributed by atoms with van der Waals surface area (Å²) in [6.07, 6.45) is -1.33. The summed E-state index contributed by atoms with van der Waals surface area (Å²) in [5.74, 6) is -2.76. The molecule has 0 aliphatic carbocycles. The number of carboxylic acid groups (broad SMARTS) is 1. The first-order valence-corrected chi connectivity index (χ1v) is 11.7. The van der Waals surface area contributed by atoms with Gasteiger partial charge in [0.1, 0.15) is 0 Å². The third kappa shape index (κ3) is 7.92. The summed E-state index contributed by atoms with van der Waals surface area (Å²) in [6.45, 7) is 7.33. The van der Waals surface area contributed by atoms with Gasteiger partial charge in [0.2, 0.25) is 10.0 Å². The van der Waals surface area contributed by atoms with Gasteiger partial charge in [-0.05, 0) is 37.5 Å². The minimum absolute atomic E-state index is 0.179. The fourth-order valence-corrected chi connectivity index (χ4v) is 3.91. The van der Waals surface area contributed by atoms with Crippen LogP contribution in [0.3, 0.4) is 0 Å². The Hall–Kier alpha value is -2.44. The zero-order valence-corrected chi connectivity index (χ0v) is 18.9. The normalized spacial score (nSPS) is 16.8. The molecule has 12 heteroatoms. The molecule has 3 rings (SSSR count). The van der Waals surface area contributed by atoms with E-state index in [1.54, 1.807) is 0 Å². The average Bonchev–Trinajstić information content (AvgIpc) is 3.12. The minimum atomic E-state index is -5.08. The largest absolute Gasteiger partial charge is 0.490 e. The SMILES string of the molecule is Cc1ccc(C)c(CN2Cc3ccnn3C(CCNS(C)(=O)=O)C2)c1.O=C(O)C(F)(F)F. The van der Waals surface area contributed by atoms with E-state index in [0.29, 0.717) is 6.54 Å². The highest BCUT2D eigenvalue weighted by Gasteiger charge is 2.38. The molecular formula is C20H27F3N4O4S. The number of aliphatic carboxylic acids is 1. The Kier molecular flexibility index (Phi) is 8.43. The number of fused-ring (bicyclic) bond motifs is 1. The molecule has 8 nitrogen and oxygen atoms in total. The Balaban J connectivity index is 0.000000451. The third-order valence-corrected chi connectivity index (χ3v) is 5.66. The van der Waals surface area contributed by atoms with E-state index in [-0.39, 0.29) is 6.04 Å². The number of hydrogen-bond acceptors (Lipinski definition) is 5. The van der Waals surface area contributed by atoms with Crippen LogP contribution in [0.5, 0.6) is 0 Å². The van der Waals surface area contributed by atoms with E-state index < -0.39 is 22.2 Å². The lowest BCUT2D eigenvalue weighted by Gasteiger charge is -2.34. The molecule has 1 aromatic heterocycles. The maximum atomic E-state index is 11.3. The summed E-state index contributed by atoms with van der Waals surface area (Å²) in [5, 5.41) is 11.6. The number of carbonyl (C=O) groups is 1. The topological polar surface area (TPSA) is 105 Å². The Morgan fingerprint density at radius 3 is 2.53 bits per heavy atom. The molecule has 32 heavy (non-hydrogen) atoms. The van der Waals surface area contributed by atoms with E-state index >= 15 is 0 Å². The number of nitrogens with zero attached hydrogens (tertiary/aromatic N) is 3. The van der Waals surface area contributed by atoms with Crippen molar-refractivity contribution in [2.24, 2.45) is 0 Å². The molecule has 0 radical (unpaired) electrons. The predicted octanol–water partition coefficient (Wildman–Crippen LogP) is 2.63. The Labute approximate surface area is 185 Å². The highest BCUT2D eigenvalue weighted by atomic mass is 32.2. The number of sulfonamides is 1. The van der Waals surface area contributed by atoms with Gasteiger partial charge in [-0.1, -0.05) is 23.8 Å². The molecular weight excluding hydrogens is 449 g/mol. The van der Waals surface area contributed by atoms with E-state index in [1.807, 2.05) is 16.9 Å². The molecule has 0 spiro atoms. The van der Waals surface area contributed by atoms with Crippen LogP contribution in [-0.2, 0) is 27.9 Å². The summed E-state index contributed by atoms with van der Waals surface area (Å²) in [6, 6.07) is 8.79. The number of alkyl halides is 3. The molecule has 0 bridgehead atoms. The molecule has 2 aromatic rings. The summed E-state index contributed by atoms with van der Waals surface area (Å²) in [7, 11) is -3.15. The lowest BCUT2D eigenvalue weighted by atomic mass is 10.0. The number of carboxylic acids is 1. The highest BCUT2D eigenvalue weighted by Crippen LogP contribution is 2.25. The minimum Gasteiger partial charge on any atom is -0.475 e. The van der Waals surface area contributed by atoms with Crippen molar-refractivity contribution in [3.63, 3.8) is 0 Å². The first kappa shape index (κ1) is 25.8. The van der Waals surface area contributed by atoms with Gasteiger partial charge in [0.25, 0.3) is 0 Å². The van der Waals surface area contributed by atoms with Crippen molar-refractivity contribution in [2.45, 2.75) is 45.6 Å². The van der Waals surface area contributed by atoms with Crippen molar-refractivity contribution in [3.8, 4) is 0 Å². The Morgan fingerprint density at radius 2 is 1.94 bits per heavy atom. The van der Waals surface area contributed by atoms with Gasteiger partial charge < -0.3 is 5.11 Å². The predicted molar refractivity (Wildman–Crippen MR) is 112 cm³/mol. The van der Waals surface area contributed by atoms with Gasteiger partial charge in [0.05, 0.1) is 18.0 Å². The number of aromatic nitrogens is 2. The van der Waals surface area contributed by atoms with E-state index in [2.05, 4.69) is 46.8 Å². The molecule has 1 unspecified atom stereocenters. The second-order valence-corrected chi connectivity index (χ2v) is 9.61. The zero-order chi connectivity index (χ0) is 24.1. The zero-order valence-electron chi connectivity index (χ0n) is 18.1. The Bertz CT molecular complexity index is 1040. The number of hydrogen-bond donors (Lipinski definition) is 2. The lowest BCUT2D eigenvalue weighted by Crippen LogP contribution is -2.39. The van der Waals surface area contributed by atoms with Crippen molar-refractivity contribution in [1.29, 1.82) is 0 Å². The molecule has 0 amide bonds. The van der Waals surface area contributed by atoms with Crippen LogP contribution in [-0.4, -0.2) is 59.7 Å². The van der Waals surface area contributed by atoms with E-state index in [0.717, 1.165) is 26.1 Å². The van der Waals surface area contributed by atoms with Gasteiger partial charge >= 0.3 is 12.1 Å². The van der Waals surface area contributed by atoms with Gasteiger partial charge in [-0.2, -0.15) is 18.3 Å². The molecule has 0 saturated carbocycles. The summed E-state index contributed by atoms with van der Waals surface area (Å²) in [5.41, 5.74) is 5.11. The van der Waals surface area contributed by atoms with Gasteiger partial charge in [0.15, 0.2) is 0 Å². The van der Waals surface area contributed by atoms with Crippen LogP contribution in [0.25, 0.3) is 0 Å². The van der Waals surface area contributed by atoms with Gasteiger partial charge in [-0.15, -0.1) is 0 Å². The van der Waals surface area contributed by atoms with E-state index in [9.17, 15) is 21.6 Å². The van der Waals surface area contributed by atoms with Crippen LogP contribution in [0.1, 0.15) is 34.8 Å². The average molecular weight is 477 g/mol. The molecule has 1 atom stereocenters. The maximum absolute atomic E-state index is 11.3. The van der Waals surface area contributed by atoms with Crippen LogP contribution in [0.15, 0.2) is 30.5 Å². The van der Waals surface area contributed by atoms with Crippen LogP contribution in [0.2, 0.25) is 0 Å². The van der Waals surface area contributed by atoms with Crippen molar-refractivity contribution in [1.82, 2.24) is 19.4 Å². The molecule has 2 heterocycles. The molecule has 0 fully saturated rings. The standard InChI is InChI=1S/C18H26N4O2S.C2HF3O2/c1-14-4-5-15(2)16(10-14)11-21-12-17-6-8-19-22(17)18(13-21)7-9-20-25(3,23)24;3-2(4,5)1(6)7/h4-6,8,10,18,20H,7,9,11-13H2,1-3H3;(H,6,7). The fraction of sp³-hybridized carbons (Fsp3) is 0.500. The van der Waals surface area contributed by atoms with Gasteiger partial charge in [-0.25, -0.2) is 17.9 Å². The monoisotopic (exact) mass is 476 g/mol. The molecule has 1 aliphatic rings. The first-order chi connectivity index (χ1) is 14.8. The van der Waals surface area contributed by atoms with Gasteiger partial charge in [0, 0.05) is 32.4 Å². The van der Waals surface area contributed by atoms with Crippen LogP contribution in [0, 0.1) is 13.8 Å². The number of nitrogens with one attached hydrogen (secondary N) is 1. The number of aryl methyl sites for hydroxylation is 2. The number of halogens is 3. The van der Waals surface area contributed by atoms with Crippen LogP contribution in [0.4, 0.5) is 13.2 Å². The molecule has 1 aliphatic heterocycles. The third-order valence-electron chi connectivity index (χ3n) is 4.94. The Morgan fingerprint density at radius 1 is 1.28 bits per heavy atom. The maximum Gasteiger partial charge on any atom is 0.490 e. The smallest absolute Gasteiger partial charge is 0.475 e. The fourth-order valence-electron chi connectivity index (χ4n) is 3.42.